The molecule has 0 atom stereocenters. The molecule has 0 saturated carbocycles. The van der Waals surface area contributed by atoms with E-state index in [-0.39, 0.29) is 12.2 Å². The van der Waals surface area contributed by atoms with E-state index in [0.29, 0.717) is 6.54 Å². The number of nitrogens with zero attached hydrogens (tertiary/aromatic N) is 2. The van der Waals surface area contributed by atoms with Gasteiger partial charge in [0.25, 0.3) is 0 Å². The van der Waals surface area contributed by atoms with Gasteiger partial charge in [0.15, 0.2) is 0 Å². The van der Waals surface area contributed by atoms with Crippen LogP contribution in [0.3, 0.4) is 0 Å². The number of hydrogen-bond acceptors (Lipinski definition) is 6. The number of nitrogens with two attached hydrogens (primary N) is 1. The quantitative estimate of drug-likeness (QED) is 0.202. The molecule has 0 heterocycles. The fourth-order valence-electron chi connectivity index (χ4n) is 3.10. The van der Waals surface area contributed by atoms with Crippen LogP contribution in [0.1, 0.15) is 52.7 Å². The predicted molar refractivity (Wildman–Crippen MR) is 151 cm³/mol. The van der Waals surface area contributed by atoms with Crippen LogP contribution in [0, 0.1) is 5.82 Å². The van der Waals surface area contributed by atoms with Crippen LogP contribution in [0.2, 0.25) is 0 Å². The van der Waals surface area contributed by atoms with E-state index in [1.807, 2.05) is 60.7 Å². The van der Waals surface area contributed by atoms with Gasteiger partial charge in [-0.15, -0.1) is 0 Å². The van der Waals surface area contributed by atoms with Crippen molar-refractivity contribution in [2.75, 3.05) is 5.43 Å². The molecule has 0 aliphatic carbocycles. The molecule has 0 aliphatic heterocycles. The van der Waals surface area contributed by atoms with E-state index < -0.39 is 29.2 Å². The highest BCUT2D eigenvalue weighted by molar-refractivity contribution is 5.70. The molecule has 0 fully saturated rings. The average Bonchev–Trinajstić information content (AvgIpc) is 2.84. The van der Waals surface area contributed by atoms with Crippen molar-refractivity contribution in [3.05, 3.63) is 102 Å². The molecule has 3 N–H and O–H groups in total. The minimum Gasteiger partial charge on any atom is -0.443 e. The Morgan fingerprint density at radius 1 is 0.718 bits per heavy atom. The summed E-state index contributed by atoms with van der Waals surface area (Å²) in [5, 5.41) is 2.33. The number of benzene rings is 3. The van der Waals surface area contributed by atoms with Crippen LogP contribution in [-0.2, 0) is 22.6 Å². The van der Waals surface area contributed by atoms with Crippen molar-refractivity contribution in [2.24, 2.45) is 5.84 Å². The van der Waals surface area contributed by atoms with Gasteiger partial charge in [0.2, 0.25) is 0 Å². The lowest BCUT2D eigenvalue weighted by Crippen LogP contribution is -2.40. The van der Waals surface area contributed by atoms with Crippen molar-refractivity contribution >= 4 is 17.9 Å². The van der Waals surface area contributed by atoms with Crippen molar-refractivity contribution < 1.29 is 23.5 Å². The van der Waals surface area contributed by atoms with Gasteiger partial charge in [-0.25, -0.2) is 29.8 Å². The third-order valence-corrected chi connectivity index (χ3v) is 4.75. The van der Waals surface area contributed by atoms with Crippen LogP contribution < -0.4 is 11.3 Å². The van der Waals surface area contributed by atoms with Crippen LogP contribution in [0.5, 0.6) is 0 Å². The maximum absolute atomic E-state index is 13.8. The molecule has 9 heteroatoms. The predicted octanol–water partition coefficient (Wildman–Crippen LogP) is 6.89. The monoisotopic (exact) mass is 538 g/mol. The number of carbonyl (C=O) groups is 2. The molecule has 39 heavy (non-hydrogen) atoms. The summed E-state index contributed by atoms with van der Waals surface area (Å²) in [5.41, 5.74) is 3.73. The van der Waals surface area contributed by atoms with Crippen LogP contribution >= 0.6 is 0 Å². The van der Waals surface area contributed by atoms with Crippen LogP contribution in [0.15, 0.2) is 84.9 Å². The van der Waals surface area contributed by atoms with Gasteiger partial charge >= 0.3 is 12.2 Å². The lowest BCUT2D eigenvalue weighted by Gasteiger charge is -2.28. The Morgan fingerprint density at radius 3 is 1.64 bits per heavy atom. The van der Waals surface area contributed by atoms with Gasteiger partial charge in [-0.3, -0.25) is 5.43 Å². The number of hydrazine groups is 2. The largest absolute Gasteiger partial charge is 0.443 e. The fraction of sp³-hybridized carbons (Fsp3) is 0.333. The lowest BCUT2D eigenvalue weighted by molar-refractivity contribution is 0.0229. The number of rotatable bonds is 6. The van der Waals surface area contributed by atoms with Crippen molar-refractivity contribution in [2.45, 2.75) is 65.8 Å². The summed E-state index contributed by atoms with van der Waals surface area (Å²) in [7, 11) is 0. The van der Waals surface area contributed by atoms with E-state index in [1.165, 1.54) is 11.1 Å². The number of anilines is 1. The van der Waals surface area contributed by atoms with Crippen LogP contribution in [-0.4, -0.2) is 33.4 Å². The zero-order valence-corrected chi connectivity index (χ0v) is 23.5. The Morgan fingerprint density at radius 2 is 1.15 bits per heavy atom. The molecule has 0 unspecified atom stereocenters. The van der Waals surface area contributed by atoms with Crippen molar-refractivity contribution in [3.63, 3.8) is 0 Å². The minimum atomic E-state index is -0.636. The molecule has 0 aliphatic rings. The molecular weight excluding hydrogens is 499 g/mol. The number of halogens is 1. The Kier molecular flexibility index (Phi) is 11.3. The molecule has 3 rings (SSSR count). The van der Waals surface area contributed by atoms with Crippen LogP contribution in [0.25, 0.3) is 0 Å². The third-order valence-electron chi connectivity index (χ3n) is 4.75. The molecule has 8 nitrogen and oxygen atoms in total. The van der Waals surface area contributed by atoms with E-state index >= 15 is 0 Å². The maximum atomic E-state index is 13.8. The molecule has 2 amide bonds. The first-order chi connectivity index (χ1) is 18.2. The fourth-order valence-corrected chi connectivity index (χ4v) is 3.10. The normalized spacial score (nSPS) is 11.0. The highest BCUT2D eigenvalue weighted by Crippen LogP contribution is 2.18. The number of para-hydroxylation sites is 1. The summed E-state index contributed by atoms with van der Waals surface area (Å²) in [6, 6.07) is 25.2. The van der Waals surface area contributed by atoms with Gasteiger partial charge in [-0.1, -0.05) is 72.8 Å². The molecule has 0 saturated heterocycles. The minimum absolute atomic E-state index is 0.217. The van der Waals surface area contributed by atoms with E-state index in [0.717, 1.165) is 16.1 Å². The number of amides is 2. The molecule has 0 spiro atoms. The zero-order valence-electron chi connectivity index (χ0n) is 23.5. The summed E-state index contributed by atoms with van der Waals surface area (Å²) in [5.74, 6) is 5.18. The molecular formula is C30H39FN4O4. The topological polar surface area (TPSA) is 97.1 Å². The highest BCUT2D eigenvalue weighted by atomic mass is 19.1. The molecule has 3 aromatic carbocycles. The second-order valence-electron chi connectivity index (χ2n) is 10.7. The second kappa shape index (κ2) is 14.2. The molecule has 0 bridgehead atoms. The molecule has 0 aromatic heterocycles. The Bertz CT molecular complexity index is 1180. The first kappa shape index (κ1) is 31.1. The molecule has 210 valence electrons. The summed E-state index contributed by atoms with van der Waals surface area (Å²) in [6.07, 6.45) is -1.08. The summed E-state index contributed by atoms with van der Waals surface area (Å²) in [4.78, 5) is 23.9. The van der Waals surface area contributed by atoms with E-state index in [4.69, 9.17) is 15.3 Å². The van der Waals surface area contributed by atoms with E-state index in [2.05, 4.69) is 5.43 Å². The second-order valence-corrected chi connectivity index (χ2v) is 10.7. The van der Waals surface area contributed by atoms with E-state index in [9.17, 15) is 14.0 Å². The van der Waals surface area contributed by atoms with Gasteiger partial charge in [-0.2, -0.15) is 0 Å². The van der Waals surface area contributed by atoms with Crippen LogP contribution in [0.4, 0.5) is 19.7 Å². The first-order valence-electron chi connectivity index (χ1n) is 12.6. The number of ether oxygens (including phenoxy) is 2. The van der Waals surface area contributed by atoms with Gasteiger partial charge in [0.05, 0.1) is 18.8 Å². The Labute approximate surface area is 230 Å². The Balaban J connectivity index is 0.000000293. The first-order valence-corrected chi connectivity index (χ1v) is 12.6. The zero-order chi connectivity index (χ0) is 29.1. The molecule has 0 radical (unpaired) electrons. The SMILES string of the molecule is CC(C)(C)OC(=O)N(Cc1ccccc1)Nc1ccccc1F.CC(C)(C)OC(=O)N(N)Cc1ccccc1. The van der Waals surface area contributed by atoms with Crippen molar-refractivity contribution in [1.82, 2.24) is 10.0 Å². The van der Waals surface area contributed by atoms with Gasteiger partial charge in [0, 0.05) is 0 Å². The number of hydrogen-bond donors (Lipinski definition) is 2. The van der Waals surface area contributed by atoms with Gasteiger partial charge < -0.3 is 9.47 Å². The highest BCUT2D eigenvalue weighted by Gasteiger charge is 2.23. The third kappa shape index (κ3) is 12.3. The summed E-state index contributed by atoms with van der Waals surface area (Å²) in [6.45, 7) is 11.4. The van der Waals surface area contributed by atoms with Crippen molar-refractivity contribution in [1.29, 1.82) is 0 Å². The lowest BCUT2D eigenvalue weighted by atomic mass is 10.2. The number of nitrogens with one attached hydrogen (secondary N) is 1. The maximum Gasteiger partial charge on any atom is 0.429 e. The van der Waals surface area contributed by atoms with Gasteiger partial charge in [-0.05, 0) is 64.8 Å². The summed E-state index contributed by atoms with van der Waals surface area (Å²) < 4.78 is 24.4. The molecule has 3 aromatic rings. The Hall–Kier alpha value is -4.11. The average molecular weight is 539 g/mol. The smallest absolute Gasteiger partial charge is 0.429 e. The standard InChI is InChI=1S/C18H21FN2O2.C12H18N2O2/c1-18(2,3)23-17(22)21(13-14-9-5-4-6-10-14)20-16-12-8-7-11-15(16)19;1-12(2,3)16-11(15)14(13)9-10-7-5-4-6-8-10/h4-12,20H,13H2,1-3H3;4-8H,9,13H2,1-3H3. The van der Waals surface area contributed by atoms with E-state index in [1.54, 1.807) is 59.7 Å². The summed E-state index contributed by atoms with van der Waals surface area (Å²) >= 11 is 0. The number of carbonyl (C=O) groups excluding carboxylic acids is 2. The van der Waals surface area contributed by atoms with Crippen molar-refractivity contribution in [3.8, 4) is 0 Å². The van der Waals surface area contributed by atoms with Gasteiger partial charge in [0.1, 0.15) is 17.0 Å².